The third kappa shape index (κ3) is 2.96. The molecule has 1 saturated carbocycles. The summed E-state index contributed by atoms with van der Waals surface area (Å²) < 4.78 is 5.56. The van der Waals surface area contributed by atoms with Gasteiger partial charge in [0, 0.05) is 18.5 Å². The van der Waals surface area contributed by atoms with Gasteiger partial charge in [0.15, 0.2) is 0 Å². The van der Waals surface area contributed by atoms with Gasteiger partial charge < -0.3 is 14.7 Å². The summed E-state index contributed by atoms with van der Waals surface area (Å²) in [5, 5.41) is 10.3. The van der Waals surface area contributed by atoms with Crippen LogP contribution in [0.1, 0.15) is 58.3 Å². The van der Waals surface area contributed by atoms with Crippen molar-refractivity contribution in [1.29, 1.82) is 0 Å². The van der Waals surface area contributed by atoms with Crippen LogP contribution in [0.2, 0.25) is 0 Å². The van der Waals surface area contributed by atoms with Gasteiger partial charge in [0.1, 0.15) is 5.76 Å². The van der Waals surface area contributed by atoms with Crippen molar-refractivity contribution in [3.8, 4) is 0 Å². The standard InChI is InChI=1S/C17H27NO3/c1-12-13(7-5-11-21-12)17(20)18-10-4-8-15(18)14-6-2-3-9-16(14)19/h14-16,19H,2-11H2,1H3/t14-,15-,16+/m1/s1. The quantitative estimate of drug-likeness (QED) is 0.851. The Morgan fingerprint density at radius 3 is 2.76 bits per heavy atom. The molecule has 2 aliphatic heterocycles. The zero-order valence-corrected chi connectivity index (χ0v) is 13.0. The minimum atomic E-state index is -0.227. The van der Waals surface area contributed by atoms with Crippen LogP contribution in [0.5, 0.6) is 0 Å². The highest BCUT2D eigenvalue weighted by molar-refractivity contribution is 5.94. The molecule has 0 spiro atoms. The fraction of sp³-hybridized carbons (Fsp3) is 0.824. The van der Waals surface area contributed by atoms with Crippen molar-refractivity contribution in [1.82, 2.24) is 4.90 Å². The molecule has 21 heavy (non-hydrogen) atoms. The SMILES string of the molecule is CC1=C(C(=O)N2CCC[C@@H]2[C@H]2CCCC[C@@H]2O)CCCO1. The molecule has 1 saturated heterocycles. The summed E-state index contributed by atoms with van der Waals surface area (Å²) in [6.45, 7) is 3.48. The smallest absolute Gasteiger partial charge is 0.253 e. The summed E-state index contributed by atoms with van der Waals surface area (Å²) in [4.78, 5) is 14.9. The first-order valence-corrected chi connectivity index (χ1v) is 8.50. The zero-order chi connectivity index (χ0) is 14.8. The van der Waals surface area contributed by atoms with Gasteiger partial charge in [-0.15, -0.1) is 0 Å². The molecule has 3 atom stereocenters. The van der Waals surface area contributed by atoms with Crippen molar-refractivity contribution in [3.63, 3.8) is 0 Å². The van der Waals surface area contributed by atoms with Gasteiger partial charge in [-0.3, -0.25) is 4.79 Å². The van der Waals surface area contributed by atoms with Gasteiger partial charge in [-0.2, -0.15) is 0 Å². The van der Waals surface area contributed by atoms with E-state index in [2.05, 4.69) is 0 Å². The minimum absolute atomic E-state index is 0.160. The number of allylic oxidation sites excluding steroid dienone is 1. The summed E-state index contributed by atoms with van der Waals surface area (Å²) >= 11 is 0. The van der Waals surface area contributed by atoms with Crippen molar-refractivity contribution in [2.24, 2.45) is 5.92 Å². The van der Waals surface area contributed by atoms with Gasteiger partial charge >= 0.3 is 0 Å². The monoisotopic (exact) mass is 293 g/mol. The number of aliphatic hydroxyl groups is 1. The van der Waals surface area contributed by atoms with Crippen LogP contribution in [-0.2, 0) is 9.53 Å². The molecule has 4 nitrogen and oxygen atoms in total. The second-order valence-electron chi connectivity index (χ2n) is 6.71. The number of ether oxygens (including phenoxy) is 1. The van der Waals surface area contributed by atoms with Crippen LogP contribution < -0.4 is 0 Å². The van der Waals surface area contributed by atoms with Gasteiger partial charge in [0.2, 0.25) is 0 Å². The fourth-order valence-electron chi connectivity index (χ4n) is 4.25. The third-order valence-corrected chi connectivity index (χ3v) is 5.41. The predicted octanol–water partition coefficient (Wildman–Crippen LogP) is 2.61. The molecule has 3 rings (SSSR count). The van der Waals surface area contributed by atoms with Crippen molar-refractivity contribution in [2.45, 2.75) is 70.4 Å². The Labute approximate surface area is 127 Å². The van der Waals surface area contributed by atoms with E-state index in [1.54, 1.807) is 0 Å². The van der Waals surface area contributed by atoms with E-state index in [0.29, 0.717) is 0 Å². The number of carbonyl (C=O) groups excluding carboxylic acids is 1. The molecule has 0 aromatic carbocycles. The van der Waals surface area contributed by atoms with E-state index < -0.39 is 0 Å². The lowest BCUT2D eigenvalue weighted by atomic mass is 9.80. The lowest BCUT2D eigenvalue weighted by Crippen LogP contribution is -2.46. The van der Waals surface area contributed by atoms with E-state index in [9.17, 15) is 9.90 Å². The normalized spacial score (nSPS) is 34.0. The highest BCUT2D eigenvalue weighted by Gasteiger charge is 2.40. The number of amides is 1. The Morgan fingerprint density at radius 2 is 2.00 bits per heavy atom. The average molecular weight is 293 g/mol. The van der Waals surface area contributed by atoms with Crippen LogP contribution >= 0.6 is 0 Å². The summed E-state index contributed by atoms with van der Waals surface area (Å²) in [5.74, 6) is 1.24. The second kappa shape index (κ2) is 6.39. The highest BCUT2D eigenvalue weighted by Crippen LogP contribution is 2.36. The van der Waals surface area contributed by atoms with Crippen LogP contribution in [0, 0.1) is 5.92 Å². The molecule has 0 aromatic heterocycles. The van der Waals surface area contributed by atoms with Crippen molar-refractivity contribution in [2.75, 3.05) is 13.2 Å². The van der Waals surface area contributed by atoms with Crippen LogP contribution in [-0.4, -0.2) is 41.2 Å². The van der Waals surface area contributed by atoms with E-state index in [1.165, 1.54) is 6.42 Å². The van der Waals surface area contributed by atoms with Gasteiger partial charge in [0.25, 0.3) is 5.91 Å². The summed E-state index contributed by atoms with van der Waals surface area (Å²) in [7, 11) is 0. The minimum Gasteiger partial charge on any atom is -0.498 e. The maximum Gasteiger partial charge on any atom is 0.253 e. The average Bonchev–Trinajstić information content (AvgIpc) is 2.97. The molecule has 1 amide bonds. The maximum absolute atomic E-state index is 12.9. The topological polar surface area (TPSA) is 49.8 Å². The number of hydrogen-bond donors (Lipinski definition) is 1. The largest absolute Gasteiger partial charge is 0.498 e. The molecule has 3 aliphatic rings. The number of likely N-dealkylation sites (tertiary alicyclic amines) is 1. The summed E-state index contributed by atoms with van der Waals surface area (Å²) in [5.41, 5.74) is 0.860. The zero-order valence-electron chi connectivity index (χ0n) is 13.0. The highest BCUT2D eigenvalue weighted by atomic mass is 16.5. The van der Waals surface area contributed by atoms with Gasteiger partial charge in [-0.05, 0) is 45.4 Å². The van der Waals surface area contributed by atoms with Crippen LogP contribution in [0.25, 0.3) is 0 Å². The molecular formula is C17H27NO3. The lowest BCUT2D eigenvalue weighted by molar-refractivity contribution is -0.130. The van der Waals surface area contributed by atoms with Crippen molar-refractivity contribution in [3.05, 3.63) is 11.3 Å². The first-order valence-electron chi connectivity index (χ1n) is 8.50. The fourth-order valence-corrected chi connectivity index (χ4v) is 4.25. The van der Waals surface area contributed by atoms with E-state index in [1.807, 2.05) is 11.8 Å². The Hall–Kier alpha value is -1.03. The lowest BCUT2D eigenvalue weighted by Gasteiger charge is -2.38. The van der Waals surface area contributed by atoms with Gasteiger partial charge in [-0.25, -0.2) is 0 Å². The van der Waals surface area contributed by atoms with Crippen LogP contribution in [0.3, 0.4) is 0 Å². The molecule has 0 bridgehead atoms. The molecule has 1 N–H and O–H groups in total. The van der Waals surface area contributed by atoms with E-state index >= 15 is 0 Å². The van der Waals surface area contributed by atoms with E-state index in [0.717, 1.165) is 69.4 Å². The first kappa shape index (κ1) is 14.9. The number of hydrogen-bond acceptors (Lipinski definition) is 3. The molecular weight excluding hydrogens is 266 g/mol. The number of carbonyl (C=O) groups is 1. The molecule has 0 unspecified atom stereocenters. The van der Waals surface area contributed by atoms with E-state index in [-0.39, 0.29) is 24.0 Å². The third-order valence-electron chi connectivity index (χ3n) is 5.41. The Morgan fingerprint density at radius 1 is 1.19 bits per heavy atom. The number of aliphatic hydroxyl groups excluding tert-OH is 1. The predicted molar refractivity (Wildman–Crippen MR) is 80.6 cm³/mol. The molecule has 4 heteroatoms. The molecule has 0 aromatic rings. The van der Waals surface area contributed by atoms with Crippen molar-refractivity contribution < 1.29 is 14.6 Å². The Balaban J connectivity index is 1.75. The van der Waals surface area contributed by atoms with E-state index in [4.69, 9.17) is 4.74 Å². The molecule has 118 valence electrons. The molecule has 2 fully saturated rings. The van der Waals surface area contributed by atoms with Gasteiger partial charge in [0.05, 0.1) is 18.3 Å². The molecule has 0 radical (unpaired) electrons. The number of rotatable bonds is 2. The summed E-state index contributed by atoms with van der Waals surface area (Å²) in [6, 6.07) is 0.232. The van der Waals surface area contributed by atoms with Crippen LogP contribution in [0.15, 0.2) is 11.3 Å². The van der Waals surface area contributed by atoms with Crippen LogP contribution in [0.4, 0.5) is 0 Å². The maximum atomic E-state index is 12.9. The Kier molecular flexibility index (Phi) is 4.53. The van der Waals surface area contributed by atoms with Gasteiger partial charge in [-0.1, -0.05) is 12.8 Å². The first-order chi connectivity index (χ1) is 10.2. The number of nitrogens with zero attached hydrogens (tertiary/aromatic N) is 1. The Bertz CT molecular complexity index is 432. The molecule has 2 heterocycles. The summed E-state index contributed by atoms with van der Waals surface area (Å²) in [6.07, 6.45) is 7.91. The van der Waals surface area contributed by atoms with Crippen molar-refractivity contribution >= 4 is 5.91 Å². The molecule has 1 aliphatic carbocycles. The second-order valence-corrected chi connectivity index (χ2v) is 6.71.